The van der Waals surface area contributed by atoms with Crippen LogP contribution in [0.4, 0.5) is 0 Å². The van der Waals surface area contributed by atoms with Gasteiger partial charge in [0, 0.05) is 20.0 Å². The van der Waals surface area contributed by atoms with Gasteiger partial charge in [-0.3, -0.25) is 9.59 Å². The van der Waals surface area contributed by atoms with Crippen LogP contribution in [-0.2, 0) is 27.9 Å². The lowest BCUT2D eigenvalue weighted by Gasteiger charge is -2.46. The fraction of sp³-hybridized carbons (Fsp3) is 0.871. The van der Waals surface area contributed by atoms with Crippen molar-refractivity contribution in [2.24, 2.45) is 5.92 Å². The van der Waals surface area contributed by atoms with Crippen LogP contribution >= 0.6 is 0 Å². The maximum absolute atomic E-state index is 13.7. The number of esters is 1. The molecular formula is C31H60O7Si2. The fourth-order valence-electron chi connectivity index (χ4n) is 5.08. The summed E-state index contributed by atoms with van der Waals surface area (Å²) in [6.07, 6.45) is 2.75. The summed E-state index contributed by atoms with van der Waals surface area (Å²) < 4.78 is 26.2. The second-order valence-electron chi connectivity index (χ2n) is 13.7. The first kappa shape index (κ1) is 37.2. The number of rotatable bonds is 9. The van der Waals surface area contributed by atoms with Crippen LogP contribution < -0.4 is 0 Å². The largest absolute Gasteiger partial charge is 0.459 e. The summed E-state index contributed by atoms with van der Waals surface area (Å²) >= 11 is 0. The van der Waals surface area contributed by atoms with Crippen molar-refractivity contribution in [1.82, 2.24) is 0 Å². The molecule has 0 aromatic rings. The SMILES string of the molecule is CC[C@H]1OC(=O)[C@H](C)[C@@H](O[Si](C)(C)C(C)(C)C)C[C@@H](O[Si](CC)(CC)CC)[C@](C)(OC)CCC(=O)/C=C/[C@]1(C)O. The molecule has 1 aliphatic heterocycles. The summed E-state index contributed by atoms with van der Waals surface area (Å²) in [5.74, 6) is -1.14. The topological polar surface area (TPSA) is 91.3 Å². The van der Waals surface area contributed by atoms with E-state index >= 15 is 0 Å². The third kappa shape index (κ3) is 9.33. The quantitative estimate of drug-likeness (QED) is 0.221. The van der Waals surface area contributed by atoms with E-state index < -0.39 is 51.9 Å². The molecule has 0 unspecified atom stereocenters. The number of hydrogen-bond donors (Lipinski definition) is 1. The van der Waals surface area contributed by atoms with Crippen molar-refractivity contribution in [3.05, 3.63) is 12.2 Å². The van der Waals surface area contributed by atoms with Gasteiger partial charge in [-0.1, -0.05) is 48.5 Å². The van der Waals surface area contributed by atoms with Gasteiger partial charge >= 0.3 is 5.97 Å². The molecule has 1 heterocycles. The molecule has 0 aliphatic carbocycles. The Kier molecular flexibility index (Phi) is 13.5. The predicted molar refractivity (Wildman–Crippen MR) is 168 cm³/mol. The number of ketones is 1. The molecule has 7 nitrogen and oxygen atoms in total. The molecule has 9 heteroatoms. The lowest BCUT2D eigenvalue weighted by atomic mass is 9.85. The second-order valence-corrected chi connectivity index (χ2v) is 23.1. The first-order valence-corrected chi connectivity index (χ1v) is 20.8. The molecule has 1 N–H and O–H groups in total. The number of cyclic esters (lactones) is 1. The minimum Gasteiger partial charge on any atom is -0.459 e. The van der Waals surface area contributed by atoms with E-state index in [0.717, 1.165) is 18.1 Å². The van der Waals surface area contributed by atoms with E-state index in [-0.39, 0.29) is 23.3 Å². The molecule has 0 saturated heterocycles. The smallest absolute Gasteiger partial charge is 0.311 e. The maximum Gasteiger partial charge on any atom is 0.311 e. The average molecular weight is 601 g/mol. The number of ether oxygens (including phenoxy) is 2. The molecule has 234 valence electrons. The Bertz CT molecular complexity index is 852. The van der Waals surface area contributed by atoms with E-state index in [0.29, 0.717) is 19.3 Å². The summed E-state index contributed by atoms with van der Waals surface area (Å²) in [6, 6.07) is 2.91. The zero-order chi connectivity index (χ0) is 31.2. The predicted octanol–water partition coefficient (Wildman–Crippen LogP) is 7.19. The van der Waals surface area contributed by atoms with Gasteiger partial charge in [-0.2, -0.15) is 0 Å². The van der Waals surface area contributed by atoms with Gasteiger partial charge in [-0.15, -0.1) is 0 Å². The molecule has 1 rings (SSSR count). The summed E-state index contributed by atoms with van der Waals surface area (Å²) in [4.78, 5) is 26.7. The van der Waals surface area contributed by atoms with E-state index in [1.807, 2.05) is 20.8 Å². The van der Waals surface area contributed by atoms with Crippen LogP contribution in [0.3, 0.4) is 0 Å². The summed E-state index contributed by atoms with van der Waals surface area (Å²) in [7, 11) is -2.75. The van der Waals surface area contributed by atoms with Gasteiger partial charge < -0.3 is 23.4 Å². The van der Waals surface area contributed by atoms with Crippen LogP contribution in [0.15, 0.2) is 12.2 Å². The molecule has 40 heavy (non-hydrogen) atoms. The number of allylic oxidation sites excluding steroid dienone is 1. The molecule has 0 fully saturated rings. The zero-order valence-corrected chi connectivity index (χ0v) is 29.8. The molecule has 0 amide bonds. The third-order valence-electron chi connectivity index (χ3n) is 9.86. The van der Waals surface area contributed by atoms with Gasteiger partial charge in [0.2, 0.25) is 0 Å². The Morgan fingerprint density at radius 3 is 2.05 bits per heavy atom. The summed E-state index contributed by atoms with van der Waals surface area (Å²) in [5, 5.41) is 11.1. The van der Waals surface area contributed by atoms with Crippen molar-refractivity contribution >= 4 is 28.4 Å². The van der Waals surface area contributed by atoms with Crippen molar-refractivity contribution in [2.75, 3.05) is 7.11 Å². The molecule has 6 atom stereocenters. The Morgan fingerprint density at radius 1 is 1.05 bits per heavy atom. The molecule has 0 spiro atoms. The molecule has 0 radical (unpaired) electrons. The average Bonchev–Trinajstić information content (AvgIpc) is 2.89. The van der Waals surface area contributed by atoms with Crippen LogP contribution in [0.2, 0.25) is 36.3 Å². The van der Waals surface area contributed by atoms with E-state index in [9.17, 15) is 14.7 Å². The Hall–Kier alpha value is -0.846. The number of aliphatic hydroxyl groups is 1. The Morgan fingerprint density at radius 2 is 1.60 bits per heavy atom. The summed E-state index contributed by atoms with van der Waals surface area (Å²) in [6.45, 7) is 24.8. The van der Waals surface area contributed by atoms with E-state index in [2.05, 4.69) is 54.6 Å². The lowest BCUT2D eigenvalue weighted by Crippen LogP contribution is -2.55. The van der Waals surface area contributed by atoms with Gasteiger partial charge in [0.15, 0.2) is 22.4 Å². The number of methoxy groups -OCH3 is 1. The molecule has 1 aliphatic rings. The van der Waals surface area contributed by atoms with Gasteiger partial charge in [-0.05, 0) is 82.0 Å². The monoisotopic (exact) mass is 600 g/mol. The Labute approximate surface area is 247 Å². The molecular weight excluding hydrogens is 541 g/mol. The van der Waals surface area contributed by atoms with Crippen molar-refractivity contribution in [3.8, 4) is 0 Å². The highest BCUT2D eigenvalue weighted by atomic mass is 28.4. The van der Waals surface area contributed by atoms with Gasteiger partial charge in [0.25, 0.3) is 0 Å². The van der Waals surface area contributed by atoms with Crippen molar-refractivity contribution in [3.63, 3.8) is 0 Å². The first-order chi connectivity index (χ1) is 18.3. The maximum atomic E-state index is 13.7. The molecule has 0 bridgehead atoms. The number of hydrogen-bond acceptors (Lipinski definition) is 7. The highest BCUT2D eigenvalue weighted by molar-refractivity contribution is 6.74. The van der Waals surface area contributed by atoms with Crippen molar-refractivity contribution < 1.29 is 33.0 Å². The number of carbonyl (C=O) groups excluding carboxylic acids is 2. The zero-order valence-electron chi connectivity index (χ0n) is 27.8. The molecule has 0 aromatic heterocycles. The van der Waals surface area contributed by atoms with Crippen LogP contribution in [0, 0.1) is 5.92 Å². The summed E-state index contributed by atoms with van der Waals surface area (Å²) in [5.41, 5.74) is -2.26. The first-order valence-electron chi connectivity index (χ1n) is 15.3. The van der Waals surface area contributed by atoms with Crippen molar-refractivity contribution in [2.45, 2.75) is 161 Å². The van der Waals surface area contributed by atoms with Gasteiger partial charge in [0.05, 0.1) is 23.7 Å². The second kappa shape index (κ2) is 14.6. The van der Waals surface area contributed by atoms with Gasteiger partial charge in [0.1, 0.15) is 11.7 Å². The van der Waals surface area contributed by atoms with Gasteiger partial charge in [-0.25, -0.2) is 0 Å². The lowest BCUT2D eigenvalue weighted by molar-refractivity contribution is -0.169. The van der Waals surface area contributed by atoms with E-state index in [4.69, 9.17) is 18.3 Å². The van der Waals surface area contributed by atoms with E-state index in [1.54, 1.807) is 14.0 Å². The fourth-order valence-corrected chi connectivity index (χ4v) is 9.44. The molecule has 0 aromatic carbocycles. The third-order valence-corrected chi connectivity index (χ3v) is 19.0. The van der Waals surface area contributed by atoms with Crippen molar-refractivity contribution in [1.29, 1.82) is 0 Å². The van der Waals surface area contributed by atoms with Crippen LogP contribution in [-0.4, -0.2) is 70.1 Å². The highest BCUT2D eigenvalue weighted by Gasteiger charge is 2.47. The highest BCUT2D eigenvalue weighted by Crippen LogP contribution is 2.41. The molecule has 0 saturated carbocycles. The Balaban J connectivity index is 3.79. The van der Waals surface area contributed by atoms with Crippen LogP contribution in [0.5, 0.6) is 0 Å². The van der Waals surface area contributed by atoms with E-state index in [1.165, 1.54) is 12.2 Å². The minimum atomic E-state index is -2.31. The standard InChI is InChI=1S/C31H60O7Si2/c1-14-26-30(9,34)20-18-24(32)19-21-31(10,35-11)27(38-40(15-2,16-3)17-4)22-25(23(5)28(33)36-26)37-39(12,13)29(6,7)8/h18,20,23,25-27,34H,14-17,19,21-22H2,1-13H3/b20-18+/t23-,25+,26-,27-,30+,31-/m1/s1. The van der Waals surface area contributed by atoms with Crippen LogP contribution in [0.1, 0.15) is 94.9 Å². The minimum absolute atomic E-state index is 0.0712. The normalized spacial score (nSPS) is 32.9. The number of carbonyl (C=O) groups is 2. The van der Waals surface area contributed by atoms with Crippen LogP contribution in [0.25, 0.3) is 0 Å².